The number of carbonyl (C=O) groups is 1. The van der Waals surface area contributed by atoms with E-state index in [0.29, 0.717) is 41.9 Å². The lowest BCUT2D eigenvalue weighted by molar-refractivity contribution is -0.117. The number of aromatic nitrogens is 2. The molecular weight excluding hydrogens is 464 g/mol. The summed E-state index contributed by atoms with van der Waals surface area (Å²) in [4.78, 5) is 18.9. The highest BCUT2D eigenvalue weighted by Gasteiger charge is 2.35. The van der Waals surface area contributed by atoms with Crippen molar-refractivity contribution in [3.8, 4) is 11.4 Å². The molecule has 5 rings (SSSR count). The zero-order chi connectivity index (χ0) is 23.0. The Morgan fingerprint density at radius 2 is 1.79 bits per heavy atom. The van der Waals surface area contributed by atoms with Gasteiger partial charge < -0.3 is 9.42 Å². The van der Waals surface area contributed by atoms with E-state index in [2.05, 4.69) is 10.1 Å². The molecule has 0 spiro atoms. The first-order valence-electron chi connectivity index (χ1n) is 10.9. The number of rotatable bonds is 5. The Morgan fingerprint density at radius 1 is 1.03 bits per heavy atom. The minimum absolute atomic E-state index is 0.0331. The number of halogens is 1. The molecule has 2 aliphatic heterocycles. The number of hydrogen-bond donors (Lipinski definition) is 0. The number of hydrogen-bond acceptors (Lipinski definition) is 6. The molecule has 0 unspecified atom stereocenters. The highest BCUT2D eigenvalue weighted by atomic mass is 35.5. The van der Waals surface area contributed by atoms with Crippen molar-refractivity contribution in [1.29, 1.82) is 0 Å². The van der Waals surface area contributed by atoms with Crippen molar-refractivity contribution in [3.63, 3.8) is 0 Å². The van der Waals surface area contributed by atoms with Gasteiger partial charge in [-0.25, -0.2) is 8.42 Å². The van der Waals surface area contributed by atoms with Crippen LogP contribution >= 0.6 is 11.6 Å². The summed E-state index contributed by atoms with van der Waals surface area (Å²) in [6.07, 6.45) is 3.11. The molecule has 1 amide bonds. The van der Waals surface area contributed by atoms with Crippen LogP contribution in [0.3, 0.4) is 0 Å². The fourth-order valence-corrected chi connectivity index (χ4v) is 6.02. The molecule has 0 radical (unpaired) electrons. The first-order valence-corrected chi connectivity index (χ1v) is 12.7. The zero-order valence-electron chi connectivity index (χ0n) is 17.9. The third kappa shape index (κ3) is 4.40. The SMILES string of the molecule is O=C1C[C@@H](c2nc(-c3ccc(S(=O)(=O)N4CCCCC4)cc3)no2)CN1c1cccc(Cl)c1. The number of amides is 1. The van der Waals surface area contributed by atoms with Gasteiger partial charge in [-0.3, -0.25) is 4.79 Å². The van der Waals surface area contributed by atoms with Gasteiger partial charge in [-0.15, -0.1) is 0 Å². The van der Waals surface area contributed by atoms with Crippen molar-refractivity contribution in [2.24, 2.45) is 0 Å². The summed E-state index contributed by atoms with van der Waals surface area (Å²) in [5.41, 5.74) is 1.39. The molecule has 0 N–H and O–H groups in total. The van der Waals surface area contributed by atoms with Crippen LogP contribution in [0.25, 0.3) is 11.4 Å². The van der Waals surface area contributed by atoms with Crippen molar-refractivity contribution in [2.75, 3.05) is 24.5 Å². The molecule has 1 atom stereocenters. The van der Waals surface area contributed by atoms with Crippen LogP contribution in [-0.2, 0) is 14.8 Å². The highest BCUT2D eigenvalue weighted by molar-refractivity contribution is 7.89. The number of nitrogens with zero attached hydrogens (tertiary/aromatic N) is 4. The average Bonchev–Trinajstić information content (AvgIpc) is 3.47. The maximum Gasteiger partial charge on any atom is 0.243 e. The van der Waals surface area contributed by atoms with Crippen LogP contribution in [0.5, 0.6) is 0 Å². The van der Waals surface area contributed by atoms with Crippen molar-refractivity contribution in [3.05, 3.63) is 59.4 Å². The molecule has 33 heavy (non-hydrogen) atoms. The van der Waals surface area contributed by atoms with E-state index in [1.165, 1.54) is 0 Å². The first-order chi connectivity index (χ1) is 15.9. The Balaban J connectivity index is 1.31. The molecule has 10 heteroatoms. The summed E-state index contributed by atoms with van der Waals surface area (Å²) >= 11 is 6.06. The van der Waals surface area contributed by atoms with Crippen LogP contribution in [0.15, 0.2) is 57.9 Å². The van der Waals surface area contributed by atoms with E-state index in [9.17, 15) is 13.2 Å². The van der Waals surface area contributed by atoms with Crippen LogP contribution in [0.4, 0.5) is 5.69 Å². The fourth-order valence-electron chi connectivity index (χ4n) is 4.32. The standard InChI is InChI=1S/C23H23ClN4O4S/c24-18-5-4-6-19(14-18)28-15-17(13-21(28)29)23-25-22(26-32-23)16-7-9-20(10-8-16)33(30,31)27-11-2-1-3-12-27/h4-10,14,17H,1-3,11-13,15H2/t17-/m1/s1. The number of carbonyl (C=O) groups excluding carboxylic acids is 1. The van der Waals surface area contributed by atoms with Gasteiger partial charge in [-0.05, 0) is 55.3 Å². The van der Waals surface area contributed by atoms with Gasteiger partial charge in [-0.2, -0.15) is 9.29 Å². The summed E-state index contributed by atoms with van der Waals surface area (Å²) in [5, 5.41) is 4.62. The third-order valence-electron chi connectivity index (χ3n) is 6.10. The lowest BCUT2D eigenvalue weighted by Crippen LogP contribution is -2.35. The van der Waals surface area contributed by atoms with Gasteiger partial charge in [0.05, 0.1) is 10.8 Å². The van der Waals surface area contributed by atoms with E-state index in [4.69, 9.17) is 16.1 Å². The highest BCUT2D eigenvalue weighted by Crippen LogP contribution is 2.33. The quantitative estimate of drug-likeness (QED) is 0.539. The van der Waals surface area contributed by atoms with Gasteiger partial charge >= 0.3 is 0 Å². The average molecular weight is 487 g/mol. The Labute approximate surface area is 197 Å². The second-order valence-electron chi connectivity index (χ2n) is 8.33. The molecule has 2 aromatic carbocycles. The largest absolute Gasteiger partial charge is 0.339 e. The Morgan fingerprint density at radius 3 is 2.52 bits per heavy atom. The molecule has 0 bridgehead atoms. The molecule has 2 aliphatic rings. The minimum Gasteiger partial charge on any atom is -0.339 e. The van der Waals surface area contributed by atoms with E-state index >= 15 is 0 Å². The summed E-state index contributed by atoms with van der Waals surface area (Å²) in [5.74, 6) is 0.485. The number of benzene rings is 2. The fraction of sp³-hybridized carbons (Fsp3) is 0.348. The topological polar surface area (TPSA) is 96.6 Å². The van der Waals surface area contributed by atoms with Crippen molar-refractivity contribution in [2.45, 2.75) is 36.5 Å². The van der Waals surface area contributed by atoms with Gasteiger partial charge in [0.1, 0.15) is 0 Å². The maximum absolute atomic E-state index is 12.8. The van der Waals surface area contributed by atoms with Gasteiger partial charge in [0.2, 0.25) is 27.6 Å². The number of sulfonamides is 1. The van der Waals surface area contributed by atoms with E-state index < -0.39 is 10.0 Å². The van der Waals surface area contributed by atoms with Crippen LogP contribution in [0, 0.1) is 0 Å². The lowest BCUT2D eigenvalue weighted by Gasteiger charge is -2.25. The maximum atomic E-state index is 12.8. The predicted octanol–water partition coefficient (Wildman–Crippen LogP) is 4.09. The molecule has 0 saturated carbocycles. The normalized spacial score (nSPS) is 19.8. The van der Waals surface area contributed by atoms with Gasteiger partial charge in [-0.1, -0.05) is 29.2 Å². The van der Waals surface area contributed by atoms with Crippen LogP contribution in [-0.4, -0.2) is 48.4 Å². The minimum atomic E-state index is -3.49. The van der Waals surface area contributed by atoms with E-state index in [-0.39, 0.29) is 23.1 Å². The van der Waals surface area contributed by atoms with Crippen LogP contribution in [0.2, 0.25) is 5.02 Å². The van der Waals surface area contributed by atoms with Gasteiger partial charge in [0.25, 0.3) is 0 Å². The van der Waals surface area contributed by atoms with E-state index in [0.717, 1.165) is 24.9 Å². The number of piperidine rings is 1. The zero-order valence-corrected chi connectivity index (χ0v) is 19.4. The lowest BCUT2D eigenvalue weighted by atomic mass is 10.1. The summed E-state index contributed by atoms with van der Waals surface area (Å²) < 4.78 is 32.7. The van der Waals surface area contributed by atoms with Gasteiger partial charge in [0, 0.05) is 42.3 Å². The second kappa shape index (κ2) is 8.89. The van der Waals surface area contributed by atoms with Crippen molar-refractivity contribution >= 4 is 33.2 Å². The number of anilines is 1. The molecule has 3 aromatic rings. The van der Waals surface area contributed by atoms with Gasteiger partial charge in [0.15, 0.2) is 0 Å². The van der Waals surface area contributed by atoms with E-state index in [1.807, 2.05) is 6.07 Å². The Kier molecular flexibility index (Phi) is 5.94. The third-order valence-corrected chi connectivity index (χ3v) is 8.25. The molecule has 2 fully saturated rings. The summed E-state index contributed by atoms with van der Waals surface area (Å²) in [6.45, 7) is 1.54. The first kappa shape index (κ1) is 22.1. The molecule has 172 valence electrons. The van der Waals surface area contributed by atoms with Crippen LogP contribution < -0.4 is 4.90 Å². The van der Waals surface area contributed by atoms with Crippen LogP contribution in [0.1, 0.15) is 37.5 Å². The second-order valence-corrected chi connectivity index (χ2v) is 10.7. The Bertz CT molecular complexity index is 1270. The van der Waals surface area contributed by atoms with Crippen molar-refractivity contribution in [1.82, 2.24) is 14.4 Å². The molecule has 2 saturated heterocycles. The monoisotopic (exact) mass is 486 g/mol. The van der Waals surface area contributed by atoms with E-state index in [1.54, 1.807) is 51.7 Å². The molecular formula is C23H23ClN4O4S. The predicted molar refractivity (Wildman–Crippen MR) is 124 cm³/mol. The molecule has 3 heterocycles. The van der Waals surface area contributed by atoms with Crippen molar-refractivity contribution < 1.29 is 17.7 Å². The Hall–Kier alpha value is -2.75. The summed E-state index contributed by atoms with van der Waals surface area (Å²) in [7, 11) is -3.49. The molecule has 8 nitrogen and oxygen atoms in total. The smallest absolute Gasteiger partial charge is 0.243 e. The summed E-state index contributed by atoms with van der Waals surface area (Å²) in [6, 6.07) is 13.7. The molecule has 0 aliphatic carbocycles. The molecule has 1 aromatic heterocycles.